The fraction of sp³-hybridized carbons (Fsp3) is 0.0714. The van der Waals surface area contributed by atoms with Gasteiger partial charge in [0.05, 0.1) is 6.26 Å². The molecule has 3 rings (SSSR count). The summed E-state index contributed by atoms with van der Waals surface area (Å²) in [6.07, 6.45) is 1.04. The summed E-state index contributed by atoms with van der Waals surface area (Å²) in [5.74, 6) is 0.279. The zero-order chi connectivity index (χ0) is 15.7. The number of hydrogen-bond acceptors (Lipinski definition) is 5. The van der Waals surface area contributed by atoms with Crippen LogP contribution in [0, 0.1) is 5.82 Å². The van der Waals surface area contributed by atoms with Crippen LogP contribution in [0.15, 0.2) is 45.5 Å². The van der Waals surface area contributed by atoms with E-state index in [1.165, 1.54) is 35.6 Å². The molecule has 0 saturated heterocycles. The molecule has 0 aliphatic rings. The number of benzene rings is 1. The quantitative estimate of drug-likeness (QED) is 0.725. The van der Waals surface area contributed by atoms with Crippen LogP contribution in [0.3, 0.4) is 0 Å². The van der Waals surface area contributed by atoms with Gasteiger partial charge in [0, 0.05) is 16.5 Å². The van der Waals surface area contributed by atoms with Crippen molar-refractivity contribution >= 4 is 56.7 Å². The van der Waals surface area contributed by atoms with Crippen molar-refractivity contribution in [3.63, 3.8) is 0 Å². The van der Waals surface area contributed by atoms with Crippen molar-refractivity contribution in [1.29, 1.82) is 0 Å². The van der Waals surface area contributed by atoms with Crippen molar-refractivity contribution in [2.75, 3.05) is 11.0 Å². The number of halogens is 1. The van der Waals surface area contributed by atoms with Crippen LogP contribution in [0.2, 0.25) is 0 Å². The zero-order valence-corrected chi connectivity index (χ0v) is 13.0. The molecule has 2 heterocycles. The number of aromatic nitrogens is 1. The van der Waals surface area contributed by atoms with Crippen molar-refractivity contribution in [1.82, 2.24) is 4.98 Å². The van der Waals surface area contributed by atoms with Gasteiger partial charge >= 0.3 is 29.6 Å². The van der Waals surface area contributed by atoms with E-state index in [0.29, 0.717) is 11.3 Å². The predicted octanol–water partition coefficient (Wildman–Crippen LogP) is 2.93. The van der Waals surface area contributed by atoms with Crippen LogP contribution < -0.4 is 4.72 Å². The van der Waals surface area contributed by atoms with Crippen LogP contribution in [0.5, 0.6) is 0 Å². The van der Waals surface area contributed by atoms with Crippen LogP contribution in [0.4, 0.5) is 10.2 Å². The molecule has 0 saturated carbocycles. The van der Waals surface area contributed by atoms with Crippen molar-refractivity contribution in [3.05, 3.63) is 46.9 Å². The van der Waals surface area contributed by atoms with Gasteiger partial charge in [0.2, 0.25) is 15.9 Å². The summed E-state index contributed by atoms with van der Waals surface area (Å²) in [6.45, 7) is 0. The van der Waals surface area contributed by atoms with Crippen molar-refractivity contribution in [3.8, 4) is 22.8 Å². The fourth-order valence-corrected chi connectivity index (χ4v) is 3.00. The Kier molecular flexibility index (Phi) is 5.64. The molecule has 0 unspecified atom stereocenters. The third kappa shape index (κ3) is 4.42. The van der Waals surface area contributed by atoms with Crippen molar-refractivity contribution < 1.29 is 17.2 Å². The number of hydrogen-bond donors (Lipinski definition) is 1. The first kappa shape index (κ1) is 18.2. The molecule has 0 bridgehead atoms. The molecule has 1 N–H and O–H groups in total. The summed E-state index contributed by atoms with van der Waals surface area (Å²) in [5, 5.41) is 3.67. The number of anilines is 1. The summed E-state index contributed by atoms with van der Waals surface area (Å²) in [4.78, 5) is 4.18. The molecule has 0 fully saturated rings. The summed E-state index contributed by atoms with van der Waals surface area (Å²) in [5.41, 5.74) is 1.27. The predicted molar refractivity (Wildman–Crippen MR) is 90.8 cm³/mol. The monoisotopic (exact) mass is 362 g/mol. The van der Waals surface area contributed by atoms with Gasteiger partial charge in [0.1, 0.15) is 5.82 Å². The molecule has 0 spiro atoms. The Morgan fingerprint density at radius 2 is 1.87 bits per heavy atom. The van der Waals surface area contributed by atoms with Gasteiger partial charge in [-0.15, -0.1) is 0 Å². The third-order valence-electron chi connectivity index (χ3n) is 2.78. The summed E-state index contributed by atoms with van der Waals surface area (Å²) in [7, 11) is -3.50. The Labute approximate surface area is 158 Å². The van der Waals surface area contributed by atoms with Crippen LogP contribution >= 0.6 is 11.3 Å². The molecule has 0 atom stereocenters. The van der Waals surface area contributed by atoms with Crippen LogP contribution in [0.25, 0.3) is 22.8 Å². The molecule has 0 amide bonds. The first-order valence-corrected chi connectivity index (χ1v) is 9.03. The van der Waals surface area contributed by atoms with Gasteiger partial charge in [-0.2, -0.15) is 16.3 Å². The van der Waals surface area contributed by atoms with Gasteiger partial charge < -0.3 is 4.42 Å². The Hall–Kier alpha value is -1.19. The molecule has 0 radical (unpaired) electrons. The number of nitrogens with zero attached hydrogens (tertiary/aromatic N) is 1. The second-order valence-electron chi connectivity index (χ2n) is 4.59. The average molecular weight is 362 g/mol. The first-order chi connectivity index (χ1) is 10.4. The van der Waals surface area contributed by atoms with E-state index in [1.807, 2.05) is 10.8 Å². The maximum atomic E-state index is 13.0. The topological polar surface area (TPSA) is 72.2 Å². The van der Waals surface area contributed by atoms with Crippen LogP contribution in [-0.4, -0.2) is 49.2 Å². The first-order valence-electron chi connectivity index (χ1n) is 6.19. The van der Waals surface area contributed by atoms with E-state index >= 15 is 0 Å². The molecular weight excluding hydrogens is 350 g/mol. The molecule has 1 aromatic carbocycles. The van der Waals surface area contributed by atoms with E-state index in [4.69, 9.17) is 4.42 Å². The van der Waals surface area contributed by atoms with Gasteiger partial charge in [-0.25, -0.2) is 12.8 Å². The van der Waals surface area contributed by atoms with Gasteiger partial charge in [0.15, 0.2) is 11.6 Å². The Balaban J connectivity index is 0.00000192. The van der Waals surface area contributed by atoms with E-state index in [0.717, 1.165) is 11.8 Å². The number of oxazole rings is 1. The van der Waals surface area contributed by atoms with E-state index < -0.39 is 10.0 Å². The second kappa shape index (κ2) is 7.14. The Bertz CT molecular complexity index is 891. The number of nitrogens with one attached hydrogen (secondary N) is 1. The van der Waals surface area contributed by atoms with Crippen LogP contribution in [0.1, 0.15) is 0 Å². The molecule has 9 heteroatoms. The van der Waals surface area contributed by atoms with E-state index in [-0.39, 0.29) is 47.1 Å². The Morgan fingerprint density at radius 3 is 2.43 bits per heavy atom. The molecule has 0 aliphatic carbocycles. The average Bonchev–Trinajstić information content (AvgIpc) is 3.06. The minimum absolute atomic E-state index is 0. The van der Waals surface area contributed by atoms with E-state index in [1.54, 1.807) is 6.07 Å². The second-order valence-corrected chi connectivity index (χ2v) is 7.12. The Morgan fingerprint density at radius 1 is 1.17 bits per heavy atom. The maximum absolute atomic E-state index is 13.0. The number of thiophene rings is 1. The third-order valence-corrected chi connectivity index (χ3v) is 4.03. The van der Waals surface area contributed by atoms with Crippen LogP contribution in [-0.2, 0) is 10.0 Å². The summed E-state index contributed by atoms with van der Waals surface area (Å²) < 4.78 is 44.0. The normalized spacial score (nSPS) is 11.0. The fourth-order valence-electron chi connectivity index (χ4n) is 1.87. The summed E-state index contributed by atoms with van der Waals surface area (Å²) >= 11 is 1.45. The molecule has 116 valence electrons. The van der Waals surface area contributed by atoms with E-state index in [9.17, 15) is 12.8 Å². The minimum atomic E-state index is -3.50. The molecule has 23 heavy (non-hydrogen) atoms. The standard InChI is InChI=1S/C14H11FN2O3S2.Na.H/c1-22(18,19)17-13-12(10-6-7-21-8-10)20-14(16-13)9-2-4-11(15)5-3-9;;/h2-8,17H,1H3;;. The number of rotatable bonds is 4. The number of sulfonamides is 1. The molecule has 3 aromatic rings. The van der Waals surface area contributed by atoms with E-state index in [2.05, 4.69) is 9.71 Å². The van der Waals surface area contributed by atoms with Gasteiger partial charge in [-0.3, -0.25) is 4.72 Å². The molecular formula is C14H12FN2NaO3S2. The molecule has 2 aromatic heterocycles. The zero-order valence-electron chi connectivity index (χ0n) is 11.4. The molecule has 5 nitrogen and oxygen atoms in total. The van der Waals surface area contributed by atoms with Gasteiger partial charge in [-0.05, 0) is 35.7 Å². The van der Waals surface area contributed by atoms with Crippen molar-refractivity contribution in [2.45, 2.75) is 0 Å². The van der Waals surface area contributed by atoms with Crippen molar-refractivity contribution in [2.24, 2.45) is 0 Å². The van der Waals surface area contributed by atoms with Gasteiger partial charge in [-0.1, -0.05) is 0 Å². The summed E-state index contributed by atoms with van der Waals surface area (Å²) in [6, 6.07) is 7.40. The van der Waals surface area contributed by atoms with Gasteiger partial charge in [0.25, 0.3) is 0 Å². The molecule has 0 aliphatic heterocycles. The SMILES string of the molecule is CS(=O)(=O)Nc1nc(-c2ccc(F)cc2)oc1-c1ccsc1.[NaH].